The van der Waals surface area contributed by atoms with Gasteiger partial charge in [-0.25, -0.2) is 0 Å². The van der Waals surface area contributed by atoms with Gasteiger partial charge in [-0.05, 0) is 51.5 Å². The highest BCUT2D eigenvalue weighted by Gasteiger charge is 2.46. The van der Waals surface area contributed by atoms with Crippen LogP contribution in [0.25, 0.3) is 0 Å². The van der Waals surface area contributed by atoms with Gasteiger partial charge < -0.3 is 10.1 Å². The van der Waals surface area contributed by atoms with E-state index >= 15 is 0 Å². The Bertz CT molecular complexity index is 341. The number of carbonyl (C=O) groups excluding carboxylic acids is 1. The highest BCUT2D eigenvalue weighted by Crippen LogP contribution is 2.37. The molecule has 4 heteroatoms. The van der Waals surface area contributed by atoms with Crippen LogP contribution in [0.3, 0.4) is 0 Å². The van der Waals surface area contributed by atoms with Crippen molar-refractivity contribution in [2.45, 2.75) is 70.0 Å². The monoisotopic (exact) mass is 282 g/mol. The third-order valence-electron chi connectivity index (χ3n) is 4.84. The average molecular weight is 282 g/mol. The quantitative estimate of drug-likeness (QED) is 0.758. The lowest BCUT2D eigenvalue weighted by Crippen LogP contribution is -2.58. The van der Waals surface area contributed by atoms with Gasteiger partial charge >= 0.3 is 5.97 Å². The third kappa shape index (κ3) is 3.34. The lowest BCUT2D eigenvalue weighted by Gasteiger charge is -2.43. The Morgan fingerprint density at radius 1 is 1.35 bits per heavy atom. The molecule has 2 saturated carbocycles. The minimum Gasteiger partial charge on any atom is -0.468 e. The standard InChI is InChI=1S/C16H30N2O2/c1-12(2)11-18(13-7-8-13)14-6-5-9-16(10-14,17-3)15(19)20-4/h12-14,17H,5-11H2,1-4H3. The SMILES string of the molecule is CNC1(C(=O)OC)CCCC(N(CC(C)C)C2CC2)C1. The Kier molecular flexibility index (Phi) is 5.08. The topological polar surface area (TPSA) is 41.6 Å². The molecule has 2 rings (SSSR count). The highest BCUT2D eigenvalue weighted by atomic mass is 16.5. The van der Waals surface area contributed by atoms with Gasteiger partial charge in [0.15, 0.2) is 0 Å². The predicted molar refractivity (Wildman–Crippen MR) is 80.6 cm³/mol. The molecule has 2 aliphatic rings. The number of hydrogen-bond donors (Lipinski definition) is 1. The summed E-state index contributed by atoms with van der Waals surface area (Å²) in [7, 11) is 3.39. The Morgan fingerprint density at radius 3 is 2.55 bits per heavy atom. The van der Waals surface area contributed by atoms with Crippen molar-refractivity contribution in [3.05, 3.63) is 0 Å². The molecule has 2 unspecified atom stereocenters. The summed E-state index contributed by atoms with van der Waals surface area (Å²) in [5, 5.41) is 3.26. The Hall–Kier alpha value is -0.610. The second-order valence-corrected chi connectivity index (χ2v) is 6.90. The number of methoxy groups -OCH3 is 1. The van der Waals surface area contributed by atoms with Crippen molar-refractivity contribution < 1.29 is 9.53 Å². The fourth-order valence-electron chi connectivity index (χ4n) is 3.66. The van der Waals surface area contributed by atoms with Crippen LogP contribution in [0.2, 0.25) is 0 Å². The molecule has 116 valence electrons. The molecule has 0 aromatic carbocycles. The maximum atomic E-state index is 12.2. The van der Waals surface area contributed by atoms with Crippen LogP contribution in [0.15, 0.2) is 0 Å². The smallest absolute Gasteiger partial charge is 0.326 e. The zero-order valence-electron chi connectivity index (χ0n) is 13.4. The number of rotatable bonds is 6. The molecule has 0 bridgehead atoms. The van der Waals surface area contributed by atoms with E-state index < -0.39 is 5.54 Å². The van der Waals surface area contributed by atoms with E-state index in [1.807, 2.05) is 7.05 Å². The Morgan fingerprint density at radius 2 is 2.05 bits per heavy atom. The van der Waals surface area contributed by atoms with Gasteiger partial charge in [0, 0.05) is 18.6 Å². The van der Waals surface area contributed by atoms with E-state index in [1.54, 1.807) is 0 Å². The maximum absolute atomic E-state index is 12.2. The van der Waals surface area contributed by atoms with Crippen molar-refractivity contribution in [3.63, 3.8) is 0 Å². The minimum absolute atomic E-state index is 0.0926. The summed E-state index contributed by atoms with van der Waals surface area (Å²) < 4.78 is 5.05. The molecule has 2 atom stereocenters. The van der Waals surface area contributed by atoms with E-state index in [9.17, 15) is 4.79 Å². The predicted octanol–water partition coefficient (Wildman–Crippen LogP) is 2.18. The van der Waals surface area contributed by atoms with Crippen LogP contribution in [-0.2, 0) is 9.53 Å². The first-order chi connectivity index (χ1) is 9.52. The van der Waals surface area contributed by atoms with Gasteiger partial charge in [-0.3, -0.25) is 9.69 Å². The fraction of sp³-hybridized carbons (Fsp3) is 0.938. The number of esters is 1. The van der Waals surface area contributed by atoms with Gasteiger partial charge in [0.25, 0.3) is 0 Å². The van der Waals surface area contributed by atoms with Gasteiger partial charge in [-0.1, -0.05) is 13.8 Å². The van der Waals surface area contributed by atoms with Crippen molar-refractivity contribution in [2.24, 2.45) is 5.92 Å². The number of hydrogen-bond acceptors (Lipinski definition) is 4. The Balaban J connectivity index is 2.09. The highest BCUT2D eigenvalue weighted by molar-refractivity contribution is 5.81. The van der Waals surface area contributed by atoms with Crippen molar-refractivity contribution >= 4 is 5.97 Å². The number of nitrogens with zero attached hydrogens (tertiary/aromatic N) is 1. The molecule has 0 saturated heterocycles. The summed E-state index contributed by atoms with van der Waals surface area (Å²) in [4.78, 5) is 14.9. The van der Waals surface area contributed by atoms with Crippen LogP contribution in [0, 0.1) is 5.92 Å². The molecule has 0 spiro atoms. The summed E-state index contributed by atoms with van der Waals surface area (Å²) in [5.74, 6) is 0.588. The molecule has 4 nitrogen and oxygen atoms in total. The molecule has 0 amide bonds. The summed E-state index contributed by atoms with van der Waals surface area (Å²) in [6.07, 6.45) is 6.75. The van der Waals surface area contributed by atoms with Gasteiger partial charge in [0.2, 0.25) is 0 Å². The normalized spacial score (nSPS) is 30.8. The van der Waals surface area contributed by atoms with Gasteiger partial charge in [0.05, 0.1) is 7.11 Å². The molecule has 0 radical (unpaired) electrons. The van der Waals surface area contributed by atoms with Crippen molar-refractivity contribution in [1.29, 1.82) is 0 Å². The molecule has 0 aromatic rings. The number of likely N-dealkylation sites (N-methyl/N-ethyl adjacent to an activating group) is 1. The van der Waals surface area contributed by atoms with E-state index in [1.165, 1.54) is 26.4 Å². The first kappa shape index (κ1) is 15.8. The Labute approximate surface area is 123 Å². The van der Waals surface area contributed by atoms with Gasteiger partial charge in [-0.15, -0.1) is 0 Å². The lowest BCUT2D eigenvalue weighted by atomic mass is 9.78. The average Bonchev–Trinajstić information content (AvgIpc) is 3.28. The molecule has 0 heterocycles. The molecule has 1 N–H and O–H groups in total. The van der Waals surface area contributed by atoms with Crippen molar-refractivity contribution in [1.82, 2.24) is 10.2 Å². The lowest BCUT2D eigenvalue weighted by molar-refractivity contribution is -0.151. The molecule has 20 heavy (non-hydrogen) atoms. The molecule has 0 aliphatic heterocycles. The van der Waals surface area contributed by atoms with Crippen LogP contribution in [0.4, 0.5) is 0 Å². The molecule has 0 aromatic heterocycles. The van der Waals surface area contributed by atoms with Crippen molar-refractivity contribution in [3.8, 4) is 0 Å². The zero-order chi connectivity index (χ0) is 14.8. The number of ether oxygens (including phenoxy) is 1. The molecule has 2 aliphatic carbocycles. The second kappa shape index (κ2) is 6.44. The second-order valence-electron chi connectivity index (χ2n) is 6.90. The van der Waals surface area contributed by atoms with E-state index in [4.69, 9.17) is 4.74 Å². The third-order valence-corrected chi connectivity index (χ3v) is 4.84. The van der Waals surface area contributed by atoms with Crippen LogP contribution >= 0.6 is 0 Å². The summed E-state index contributed by atoms with van der Waals surface area (Å²) >= 11 is 0. The summed E-state index contributed by atoms with van der Waals surface area (Å²) in [6, 6.07) is 1.28. The molecular formula is C16H30N2O2. The van der Waals surface area contributed by atoms with Crippen LogP contribution in [-0.4, -0.2) is 49.2 Å². The van der Waals surface area contributed by atoms with Crippen molar-refractivity contribution in [2.75, 3.05) is 20.7 Å². The summed E-state index contributed by atoms with van der Waals surface area (Å²) in [5.41, 5.74) is -0.470. The van der Waals surface area contributed by atoms with Crippen LogP contribution in [0.1, 0.15) is 52.4 Å². The first-order valence-electron chi connectivity index (χ1n) is 8.05. The minimum atomic E-state index is -0.470. The first-order valence-corrected chi connectivity index (χ1v) is 8.05. The number of nitrogens with one attached hydrogen (secondary N) is 1. The van der Waals surface area contributed by atoms with Crippen LogP contribution in [0.5, 0.6) is 0 Å². The van der Waals surface area contributed by atoms with Gasteiger partial charge in [0.1, 0.15) is 5.54 Å². The van der Waals surface area contributed by atoms with E-state index in [0.717, 1.165) is 31.8 Å². The van der Waals surface area contributed by atoms with Gasteiger partial charge in [-0.2, -0.15) is 0 Å². The fourth-order valence-corrected chi connectivity index (χ4v) is 3.66. The largest absolute Gasteiger partial charge is 0.468 e. The van der Waals surface area contributed by atoms with Crippen LogP contribution < -0.4 is 5.32 Å². The van der Waals surface area contributed by atoms with E-state index in [0.29, 0.717) is 12.0 Å². The van der Waals surface area contributed by atoms with E-state index in [-0.39, 0.29) is 5.97 Å². The zero-order valence-corrected chi connectivity index (χ0v) is 13.4. The summed E-state index contributed by atoms with van der Waals surface area (Å²) in [6.45, 7) is 5.71. The number of carbonyl (C=O) groups is 1. The molecule has 2 fully saturated rings. The molecular weight excluding hydrogens is 252 g/mol. The van der Waals surface area contributed by atoms with E-state index in [2.05, 4.69) is 24.1 Å². The maximum Gasteiger partial charge on any atom is 0.326 e.